The van der Waals surface area contributed by atoms with E-state index >= 15 is 0 Å². The summed E-state index contributed by atoms with van der Waals surface area (Å²) >= 11 is 0. The number of rotatable bonds is 20. The smallest absolute Gasteiger partial charge is 0.445 e. The lowest BCUT2D eigenvalue weighted by molar-refractivity contribution is -0.125. The largest absolute Gasteiger partial charge is 0.704 e. The van der Waals surface area contributed by atoms with Gasteiger partial charge in [-0.15, -0.1) is 0 Å². The van der Waals surface area contributed by atoms with Gasteiger partial charge in [-0.25, -0.2) is 9.59 Å². The maximum Gasteiger partial charge on any atom is 0.704 e. The molecule has 4 N–H and O–H groups in total. The summed E-state index contributed by atoms with van der Waals surface area (Å²) in [6.07, 6.45) is -3.37. The number of amides is 2. The number of benzene rings is 2. The van der Waals surface area contributed by atoms with Crippen LogP contribution in [0.2, 0.25) is 0 Å². The summed E-state index contributed by atoms with van der Waals surface area (Å²) < 4.78 is 78.8. The Kier molecular flexibility index (Phi) is 15.9. The molecule has 2 amide bonds. The van der Waals surface area contributed by atoms with Gasteiger partial charge in [-0.2, -0.15) is 0 Å². The van der Waals surface area contributed by atoms with E-state index in [2.05, 4.69) is 10.6 Å². The third-order valence-corrected chi connectivity index (χ3v) is 11.6. The van der Waals surface area contributed by atoms with Gasteiger partial charge in [-0.3, -0.25) is 9.13 Å². The monoisotopic (exact) mass is 711 g/mol. The zero-order chi connectivity index (χ0) is 34.3. The number of alkyl carbamates (subject to hydrolysis) is 2. The van der Waals surface area contributed by atoms with Crippen LogP contribution in [0.4, 0.5) is 9.59 Å². The van der Waals surface area contributed by atoms with Crippen molar-refractivity contribution in [1.82, 2.24) is 10.6 Å². The van der Waals surface area contributed by atoms with E-state index in [9.17, 15) is 33.5 Å². The SMILES string of the molecule is COP(=O)(OC)C(O)(CCNC(=O)OCc1ccccc1)O[P+](=O)OC(O)(CCNC(=O)OCc1ccccc1)P(=O)(OC)OC. The van der Waals surface area contributed by atoms with Crippen LogP contribution in [0.1, 0.15) is 24.0 Å². The van der Waals surface area contributed by atoms with Crippen molar-refractivity contribution in [2.45, 2.75) is 37.1 Å². The van der Waals surface area contributed by atoms with E-state index in [1.807, 2.05) is 0 Å². The molecule has 0 radical (unpaired) electrons. The van der Waals surface area contributed by atoms with E-state index in [1.165, 1.54) is 0 Å². The van der Waals surface area contributed by atoms with Crippen molar-refractivity contribution in [3.8, 4) is 0 Å². The summed E-state index contributed by atoms with van der Waals surface area (Å²) in [4.78, 5) is 24.3. The van der Waals surface area contributed by atoms with Crippen molar-refractivity contribution in [2.75, 3.05) is 41.5 Å². The lowest BCUT2D eigenvalue weighted by Gasteiger charge is -2.29. The molecule has 2 aromatic carbocycles. The first-order chi connectivity index (χ1) is 21.8. The molecule has 0 aliphatic carbocycles. The molecule has 2 atom stereocenters. The third kappa shape index (κ3) is 11.2. The standard InChI is InChI=1S/C26H37N2O15P3/c1-36-45(34,37-2)25(31,15-17-27-23(29)40-19-21-11-7-5-8-12-21)42-44(33)43-26(32,46(35,38-3)39-4)16-18-28-24(30)41-20-22-13-9-6-10-14-22/h5-14,31-32H,15-20H2,1-4H3,(H-,27,28,29,30)/p+1. The molecule has 256 valence electrons. The van der Waals surface area contributed by atoms with Gasteiger partial charge in [0.05, 0.1) is 0 Å². The Balaban J connectivity index is 2.09. The molecular weight excluding hydrogens is 673 g/mol. The van der Waals surface area contributed by atoms with E-state index in [1.54, 1.807) is 60.7 Å². The summed E-state index contributed by atoms with van der Waals surface area (Å²) in [7, 11) is -9.50. The summed E-state index contributed by atoms with van der Waals surface area (Å²) in [5, 5.41) is 26.9. The fraction of sp³-hybridized carbons (Fsp3) is 0.462. The van der Waals surface area contributed by atoms with Crippen molar-refractivity contribution in [3.63, 3.8) is 0 Å². The maximum absolute atomic E-state index is 13.2. The summed E-state index contributed by atoms with van der Waals surface area (Å²) in [6, 6.07) is 17.5. The average molecular weight is 712 g/mol. The Morgan fingerprint density at radius 1 is 0.674 bits per heavy atom. The van der Waals surface area contributed by atoms with Gasteiger partial charge in [0.15, 0.2) is 0 Å². The van der Waals surface area contributed by atoms with Crippen molar-refractivity contribution in [2.24, 2.45) is 0 Å². The minimum atomic E-state index is -4.68. The van der Waals surface area contributed by atoms with Crippen molar-refractivity contribution >= 4 is 35.6 Å². The second-order valence-electron chi connectivity index (χ2n) is 9.09. The number of carbonyl (C=O) groups excluding carboxylic acids is 2. The first-order valence-corrected chi connectivity index (χ1v) is 17.6. The zero-order valence-corrected chi connectivity index (χ0v) is 28.2. The highest BCUT2D eigenvalue weighted by molar-refractivity contribution is 7.56. The molecule has 0 spiro atoms. The lowest BCUT2D eigenvalue weighted by Crippen LogP contribution is -2.39. The van der Waals surface area contributed by atoms with Gasteiger partial charge < -0.3 is 48.4 Å². The Morgan fingerprint density at radius 3 is 1.30 bits per heavy atom. The molecule has 0 aliphatic rings. The number of hydrogen-bond acceptors (Lipinski definition) is 15. The van der Waals surface area contributed by atoms with Gasteiger partial charge in [0, 0.05) is 58.9 Å². The third-order valence-electron chi connectivity index (χ3n) is 6.12. The number of aliphatic hydroxyl groups is 2. The number of hydrogen-bond donors (Lipinski definition) is 4. The van der Waals surface area contributed by atoms with E-state index in [0.29, 0.717) is 11.1 Å². The predicted octanol–water partition coefficient (Wildman–Crippen LogP) is 4.57. The molecule has 0 aromatic heterocycles. The zero-order valence-electron chi connectivity index (χ0n) is 25.6. The van der Waals surface area contributed by atoms with Gasteiger partial charge in [-0.1, -0.05) is 69.7 Å². The molecular formula is C26H38N2O15P3+. The minimum Gasteiger partial charge on any atom is -0.445 e. The van der Waals surface area contributed by atoms with Crippen LogP contribution < -0.4 is 10.6 Å². The normalized spacial score (nSPS) is 14.8. The van der Waals surface area contributed by atoms with Crippen LogP contribution in [-0.4, -0.2) is 75.0 Å². The van der Waals surface area contributed by atoms with Crippen LogP contribution >= 0.6 is 23.4 Å². The molecule has 46 heavy (non-hydrogen) atoms. The Hall–Kier alpha value is -2.78. The fourth-order valence-electron chi connectivity index (χ4n) is 3.65. The Bertz CT molecular complexity index is 1250. The molecule has 0 saturated carbocycles. The van der Waals surface area contributed by atoms with Crippen LogP contribution in [0.5, 0.6) is 0 Å². The van der Waals surface area contributed by atoms with Gasteiger partial charge in [0.25, 0.3) is 0 Å². The lowest BCUT2D eigenvalue weighted by atomic mass is 10.2. The van der Waals surface area contributed by atoms with E-state index in [0.717, 1.165) is 28.4 Å². The van der Waals surface area contributed by atoms with Crippen LogP contribution in [-0.2, 0) is 63.5 Å². The number of nitrogens with one attached hydrogen (secondary N) is 2. The molecule has 0 aliphatic heterocycles. The Morgan fingerprint density at radius 2 is 1.00 bits per heavy atom. The summed E-state index contributed by atoms with van der Waals surface area (Å²) in [6.45, 7) is -1.09. The molecule has 20 heteroatoms. The predicted molar refractivity (Wildman–Crippen MR) is 161 cm³/mol. The van der Waals surface area contributed by atoms with Crippen LogP contribution in [0.3, 0.4) is 0 Å². The number of ether oxygens (including phenoxy) is 2. The van der Waals surface area contributed by atoms with Gasteiger partial charge in [-0.05, 0) is 11.1 Å². The van der Waals surface area contributed by atoms with Crippen molar-refractivity contribution in [3.05, 3.63) is 71.8 Å². The van der Waals surface area contributed by atoms with Crippen LogP contribution in [0, 0.1) is 0 Å². The van der Waals surface area contributed by atoms with Gasteiger partial charge in [0.1, 0.15) is 13.2 Å². The van der Waals surface area contributed by atoms with Crippen molar-refractivity contribution in [1.29, 1.82) is 0 Å². The molecule has 0 heterocycles. The van der Waals surface area contributed by atoms with Crippen LogP contribution in [0.25, 0.3) is 0 Å². The quantitative estimate of drug-likeness (QED) is 0.109. The van der Waals surface area contributed by atoms with Crippen LogP contribution in [0.15, 0.2) is 60.7 Å². The van der Waals surface area contributed by atoms with E-state index < -0.39 is 72.6 Å². The topological polar surface area (TPSA) is 224 Å². The van der Waals surface area contributed by atoms with Gasteiger partial charge in [0.2, 0.25) is 0 Å². The first kappa shape index (κ1) is 39.4. The van der Waals surface area contributed by atoms with E-state index in [-0.39, 0.29) is 13.2 Å². The molecule has 0 fully saturated rings. The summed E-state index contributed by atoms with van der Waals surface area (Å²) in [5.74, 6) is 0. The second-order valence-corrected chi connectivity index (χ2v) is 14.8. The molecule has 17 nitrogen and oxygen atoms in total. The fourth-order valence-corrected chi connectivity index (χ4v) is 7.75. The summed E-state index contributed by atoms with van der Waals surface area (Å²) in [5.41, 5.74) is -4.71. The number of carbonyl (C=O) groups is 2. The van der Waals surface area contributed by atoms with Gasteiger partial charge >= 0.3 is 46.7 Å². The van der Waals surface area contributed by atoms with E-state index in [4.69, 9.17) is 36.6 Å². The molecule has 0 bridgehead atoms. The molecule has 2 rings (SSSR count). The Labute approximate surface area is 266 Å². The maximum atomic E-state index is 13.2. The molecule has 0 saturated heterocycles. The second kappa shape index (κ2) is 18.5. The average Bonchev–Trinajstić information content (AvgIpc) is 3.06. The molecule has 2 unspecified atom stereocenters. The molecule has 2 aromatic rings. The highest BCUT2D eigenvalue weighted by Crippen LogP contribution is 2.65. The highest BCUT2D eigenvalue weighted by atomic mass is 31.2. The van der Waals surface area contributed by atoms with Crippen molar-refractivity contribution < 1.29 is 70.1 Å². The minimum absolute atomic E-state index is 0.0704. The highest BCUT2D eigenvalue weighted by Gasteiger charge is 2.62. The first-order valence-electron chi connectivity index (χ1n) is 13.4.